The van der Waals surface area contributed by atoms with Crippen LogP contribution in [0.5, 0.6) is 5.75 Å². The van der Waals surface area contributed by atoms with Crippen molar-refractivity contribution in [2.45, 2.75) is 25.9 Å². The molecule has 2 aromatic rings. The van der Waals surface area contributed by atoms with Crippen LogP contribution in [0.2, 0.25) is 0 Å². The molecule has 3 rings (SSSR count). The molecule has 1 N–H and O–H groups in total. The van der Waals surface area contributed by atoms with Crippen molar-refractivity contribution in [2.24, 2.45) is 0 Å². The Kier molecular flexibility index (Phi) is 4.42. The Labute approximate surface area is 126 Å². The highest BCUT2D eigenvalue weighted by Gasteiger charge is 2.25. The van der Waals surface area contributed by atoms with Gasteiger partial charge in [-0.25, -0.2) is 0 Å². The lowest BCUT2D eigenvalue weighted by Crippen LogP contribution is -2.57. The van der Waals surface area contributed by atoms with Crippen LogP contribution in [0.1, 0.15) is 18.9 Å². The van der Waals surface area contributed by atoms with Gasteiger partial charge in [-0.1, -0.05) is 37.3 Å². The minimum atomic E-state index is 0.661. The highest BCUT2D eigenvalue weighted by Crippen LogP contribution is 2.30. The Morgan fingerprint density at radius 2 is 2.00 bits per heavy atom. The molecule has 0 aromatic heterocycles. The predicted molar refractivity (Wildman–Crippen MR) is 87.9 cm³/mol. The number of nitrogens with one attached hydrogen (secondary N) is 1. The van der Waals surface area contributed by atoms with E-state index < -0.39 is 0 Å². The lowest BCUT2D eigenvalue weighted by molar-refractivity contribution is 0.137. The first-order valence-electron chi connectivity index (χ1n) is 7.83. The Hall–Kier alpha value is -1.58. The van der Waals surface area contributed by atoms with E-state index in [1.165, 1.54) is 22.8 Å². The normalized spacial score (nSPS) is 15.4. The number of ether oxygens (including phenoxy) is 1. The summed E-state index contributed by atoms with van der Waals surface area (Å²) in [6.07, 6.45) is 1.18. The van der Waals surface area contributed by atoms with Crippen LogP contribution >= 0.6 is 0 Å². The van der Waals surface area contributed by atoms with Crippen LogP contribution in [0, 0.1) is 0 Å². The van der Waals surface area contributed by atoms with Crippen LogP contribution in [-0.4, -0.2) is 37.7 Å². The van der Waals surface area contributed by atoms with Crippen molar-refractivity contribution >= 4 is 10.8 Å². The Balaban J connectivity index is 1.96. The van der Waals surface area contributed by atoms with Gasteiger partial charge in [-0.3, -0.25) is 4.90 Å². The lowest BCUT2D eigenvalue weighted by Gasteiger charge is -2.38. The van der Waals surface area contributed by atoms with E-state index in [0.29, 0.717) is 6.04 Å². The smallest absolute Gasteiger partial charge is 0.123 e. The molecular formula is C18H24N2O. The van der Waals surface area contributed by atoms with Crippen molar-refractivity contribution in [1.82, 2.24) is 10.2 Å². The number of rotatable bonds is 6. The molecule has 1 fully saturated rings. The Morgan fingerprint density at radius 1 is 1.19 bits per heavy atom. The molecule has 0 amide bonds. The summed E-state index contributed by atoms with van der Waals surface area (Å²) in [6, 6.07) is 13.5. The summed E-state index contributed by atoms with van der Waals surface area (Å²) >= 11 is 0. The van der Waals surface area contributed by atoms with Crippen LogP contribution in [0.4, 0.5) is 0 Å². The van der Waals surface area contributed by atoms with Gasteiger partial charge in [0.15, 0.2) is 0 Å². The second-order valence-electron chi connectivity index (χ2n) is 5.75. The van der Waals surface area contributed by atoms with Gasteiger partial charge in [0.1, 0.15) is 5.75 Å². The average Bonchev–Trinajstić information content (AvgIpc) is 2.46. The molecule has 0 radical (unpaired) electrons. The van der Waals surface area contributed by atoms with Gasteiger partial charge >= 0.3 is 0 Å². The summed E-state index contributed by atoms with van der Waals surface area (Å²) in [7, 11) is 1.77. The molecule has 1 aliphatic rings. The van der Waals surface area contributed by atoms with Gasteiger partial charge in [0, 0.05) is 31.2 Å². The van der Waals surface area contributed by atoms with E-state index in [1.807, 2.05) is 0 Å². The van der Waals surface area contributed by atoms with E-state index in [4.69, 9.17) is 4.74 Å². The second-order valence-corrected chi connectivity index (χ2v) is 5.75. The minimum absolute atomic E-state index is 0.661. The summed E-state index contributed by atoms with van der Waals surface area (Å²) in [5.74, 6) is 1.00. The first kappa shape index (κ1) is 14.4. The molecular weight excluding hydrogens is 260 g/mol. The van der Waals surface area contributed by atoms with Crippen LogP contribution in [0.3, 0.4) is 0 Å². The molecule has 21 heavy (non-hydrogen) atoms. The van der Waals surface area contributed by atoms with E-state index >= 15 is 0 Å². The van der Waals surface area contributed by atoms with Gasteiger partial charge in [-0.2, -0.15) is 0 Å². The SMILES string of the molecule is CCCN(Cc1c(OC)ccc2ccccc12)C1CNC1. The van der Waals surface area contributed by atoms with Gasteiger partial charge in [0.05, 0.1) is 7.11 Å². The van der Waals surface area contributed by atoms with E-state index in [1.54, 1.807) is 7.11 Å². The molecule has 3 heteroatoms. The number of benzene rings is 2. The average molecular weight is 284 g/mol. The summed E-state index contributed by atoms with van der Waals surface area (Å²) in [5.41, 5.74) is 1.32. The molecule has 0 unspecified atom stereocenters. The molecule has 0 aliphatic carbocycles. The first-order chi connectivity index (χ1) is 10.3. The number of nitrogens with zero attached hydrogens (tertiary/aromatic N) is 1. The standard InChI is InChI=1S/C18H24N2O/c1-3-10-20(15-11-19-12-15)13-17-16-7-5-4-6-14(16)8-9-18(17)21-2/h4-9,15,19H,3,10-13H2,1-2H3. The third-order valence-electron chi connectivity index (χ3n) is 4.37. The molecule has 3 nitrogen and oxygen atoms in total. The van der Waals surface area contributed by atoms with Gasteiger partial charge in [-0.15, -0.1) is 0 Å². The third-order valence-corrected chi connectivity index (χ3v) is 4.37. The maximum atomic E-state index is 5.62. The number of hydrogen-bond acceptors (Lipinski definition) is 3. The zero-order chi connectivity index (χ0) is 14.7. The maximum absolute atomic E-state index is 5.62. The fourth-order valence-electron chi connectivity index (χ4n) is 3.08. The quantitative estimate of drug-likeness (QED) is 0.882. The van der Waals surface area contributed by atoms with E-state index in [0.717, 1.165) is 31.9 Å². The zero-order valence-electron chi connectivity index (χ0n) is 12.9. The van der Waals surface area contributed by atoms with Crippen LogP contribution in [0.25, 0.3) is 10.8 Å². The monoisotopic (exact) mass is 284 g/mol. The molecule has 0 bridgehead atoms. The van der Waals surface area contributed by atoms with Crippen LogP contribution < -0.4 is 10.1 Å². The van der Waals surface area contributed by atoms with Crippen molar-refractivity contribution in [3.05, 3.63) is 42.0 Å². The molecule has 1 aliphatic heterocycles. The molecule has 112 valence electrons. The largest absolute Gasteiger partial charge is 0.496 e. The molecule has 0 saturated carbocycles. The Morgan fingerprint density at radius 3 is 2.67 bits per heavy atom. The highest BCUT2D eigenvalue weighted by atomic mass is 16.5. The van der Waals surface area contributed by atoms with Crippen molar-refractivity contribution < 1.29 is 4.74 Å². The second kappa shape index (κ2) is 6.46. The zero-order valence-corrected chi connectivity index (χ0v) is 12.9. The van der Waals surface area contributed by atoms with Crippen LogP contribution in [-0.2, 0) is 6.54 Å². The summed E-state index contributed by atoms with van der Waals surface area (Å²) in [4.78, 5) is 2.58. The number of fused-ring (bicyclic) bond motifs is 1. The molecule has 0 spiro atoms. The molecule has 2 aromatic carbocycles. The van der Waals surface area contributed by atoms with Gasteiger partial charge < -0.3 is 10.1 Å². The van der Waals surface area contributed by atoms with Crippen molar-refractivity contribution in [3.8, 4) is 5.75 Å². The summed E-state index contributed by atoms with van der Waals surface area (Å²) in [5, 5.41) is 5.98. The maximum Gasteiger partial charge on any atom is 0.123 e. The molecule has 1 heterocycles. The van der Waals surface area contributed by atoms with Crippen LogP contribution in [0.15, 0.2) is 36.4 Å². The van der Waals surface area contributed by atoms with Crippen molar-refractivity contribution in [2.75, 3.05) is 26.7 Å². The van der Waals surface area contributed by atoms with E-state index in [9.17, 15) is 0 Å². The van der Waals surface area contributed by atoms with Crippen molar-refractivity contribution in [1.29, 1.82) is 0 Å². The van der Waals surface area contributed by atoms with Gasteiger partial charge in [0.25, 0.3) is 0 Å². The summed E-state index contributed by atoms with van der Waals surface area (Å²) in [6.45, 7) is 6.56. The summed E-state index contributed by atoms with van der Waals surface area (Å²) < 4.78 is 5.62. The predicted octanol–water partition coefficient (Wildman–Crippen LogP) is 3.03. The van der Waals surface area contributed by atoms with Gasteiger partial charge in [-0.05, 0) is 29.8 Å². The molecule has 1 saturated heterocycles. The van der Waals surface area contributed by atoms with E-state index in [2.05, 4.69) is 53.5 Å². The first-order valence-corrected chi connectivity index (χ1v) is 7.83. The Bertz CT molecular complexity index is 607. The highest BCUT2D eigenvalue weighted by molar-refractivity contribution is 5.87. The fraction of sp³-hybridized carbons (Fsp3) is 0.444. The molecule has 0 atom stereocenters. The topological polar surface area (TPSA) is 24.5 Å². The number of methoxy groups -OCH3 is 1. The fourth-order valence-corrected chi connectivity index (χ4v) is 3.08. The lowest BCUT2D eigenvalue weighted by atomic mass is 10.0. The number of hydrogen-bond donors (Lipinski definition) is 1. The third kappa shape index (κ3) is 2.89. The minimum Gasteiger partial charge on any atom is -0.496 e. The van der Waals surface area contributed by atoms with E-state index in [-0.39, 0.29) is 0 Å². The van der Waals surface area contributed by atoms with Gasteiger partial charge in [0.2, 0.25) is 0 Å². The van der Waals surface area contributed by atoms with Crippen molar-refractivity contribution in [3.63, 3.8) is 0 Å².